The Bertz CT molecular complexity index is 866. The van der Waals surface area contributed by atoms with E-state index < -0.39 is 5.60 Å². The van der Waals surface area contributed by atoms with E-state index in [0.29, 0.717) is 6.54 Å². The van der Waals surface area contributed by atoms with Crippen LogP contribution in [0.15, 0.2) is 42.5 Å². The molecule has 0 aliphatic carbocycles. The Morgan fingerprint density at radius 2 is 1.81 bits per heavy atom. The van der Waals surface area contributed by atoms with Gasteiger partial charge in [0.1, 0.15) is 5.60 Å². The molecule has 0 aromatic heterocycles. The quantitative estimate of drug-likeness (QED) is 0.818. The number of carbonyl (C=O) groups is 2. The zero-order chi connectivity index (χ0) is 19.8. The molecular weight excluding hydrogens is 340 g/mol. The summed E-state index contributed by atoms with van der Waals surface area (Å²) in [5.41, 5.74) is 3.85. The summed E-state index contributed by atoms with van der Waals surface area (Å²) in [6, 6.07) is 13.4. The molecule has 0 fully saturated rings. The minimum absolute atomic E-state index is 0.00459. The third kappa shape index (κ3) is 3.97. The first-order chi connectivity index (χ1) is 12.7. The van der Waals surface area contributed by atoms with Gasteiger partial charge in [-0.15, -0.1) is 0 Å². The number of esters is 1. The molecule has 0 saturated heterocycles. The number of carbonyl (C=O) groups excluding carboxylic acids is 2. The molecular formula is C22H26N2O3. The van der Waals surface area contributed by atoms with Gasteiger partial charge < -0.3 is 15.0 Å². The van der Waals surface area contributed by atoms with Gasteiger partial charge in [0.25, 0.3) is 5.91 Å². The first kappa shape index (κ1) is 19.0. The number of hydrogen-bond acceptors (Lipinski definition) is 4. The van der Waals surface area contributed by atoms with Crippen molar-refractivity contribution in [3.05, 3.63) is 59.2 Å². The van der Waals surface area contributed by atoms with Crippen LogP contribution in [0.4, 0.5) is 11.4 Å². The van der Waals surface area contributed by atoms with Crippen molar-refractivity contribution in [2.45, 2.75) is 45.8 Å². The molecule has 1 amide bonds. The number of nitrogens with one attached hydrogen (secondary N) is 1. The summed E-state index contributed by atoms with van der Waals surface area (Å²) in [6.45, 7) is 7.96. The van der Waals surface area contributed by atoms with E-state index in [1.54, 1.807) is 4.90 Å². The van der Waals surface area contributed by atoms with E-state index >= 15 is 0 Å². The molecule has 1 aliphatic heterocycles. The zero-order valence-corrected chi connectivity index (χ0v) is 16.5. The Balaban J connectivity index is 1.76. The Morgan fingerprint density at radius 1 is 1.15 bits per heavy atom. The molecule has 1 aliphatic rings. The molecule has 1 unspecified atom stereocenters. The lowest BCUT2D eigenvalue weighted by Crippen LogP contribution is -2.27. The van der Waals surface area contributed by atoms with Crippen LogP contribution < -0.4 is 10.2 Å². The fourth-order valence-electron chi connectivity index (χ4n) is 3.13. The van der Waals surface area contributed by atoms with Crippen molar-refractivity contribution in [3.63, 3.8) is 0 Å². The molecule has 0 radical (unpaired) electrons. The summed E-state index contributed by atoms with van der Waals surface area (Å²) in [6.07, 6.45) is 0. The first-order valence-corrected chi connectivity index (χ1v) is 9.15. The molecule has 1 heterocycles. The van der Waals surface area contributed by atoms with Crippen molar-refractivity contribution in [1.82, 2.24) is 0 Å². The van der Waals surface area contributed by atoms with Gasteiger partial charge in [-0.3, -0.25) is 9.59 Å². The standard InChI is InChI=1S/C22H26N2O3/c1-14(21(26)27-22(2,3)4)15-7-10-18(11-8-15)24-13-16-6-9-17(23-5)12-19(16)20(24)25/h6-12,14,23H,13H2,1-5H3. The van der Waals surface area contributed by atoms with E-state index in [4.69, 9.17) is 4.74 Å². The van der Waals surface area contributed by atoms with Crippen molar-refractivity contribution in [2.24, 2.45) is 0 Å². The maximum absolute atomic E-state index is 12.8. The zero-order valence-electron chi connectivity index (χ0n) is 16.5. The van der Waals surface area contributed by atoms with Gasteiger partial charge in [0, 0.05) is 24.0 Å². The highest BCUT2D eigenvalue weighted by Crippen LogP contribution is 2.31. The second kappa shape index (κ2) is 7.06. The molecule has 0 saturated carbocycles. The molecule has 3 rings (SSSR count). The Labute approximate surface area is 160 Å². The Morgan fingerprint density at radius 3 is 2.41 bits per heavy atom. The molecule has 1 N–H and O–H groups in total. The lowest BCUT2D eigenvalue weighted by molar-refractivity contribution is -0.156. The summed E-state index contributed by atoms with van der Waals surface area (Å²) < 4.78 is 5.46. The number of amides is 1. The van der Waals surface area contributed by atoms with Crippen LogP contribution in [0.25, 0.3) is 0 Å². The SMILES string of the molecule is CNc1ccc2c(c1)C(=O)N(c1ccc(C(C)C(=O)OC(C)(C)C)cc1)C2. The summed E-state index contributed by atoms with van der Waals surface area (Å²) >= 11 is 0. The molecule has 5 heteroatoms. The Kier molecular flexibility index (Phi) is 4.96. The van der Waals surface area contributed by atoms with Gasteiger partial charge in [-0.2, -0.15) is 0 Å². The van der Waals surface area contributed by atoms with Crippen LogP contribution in [0, 0.1) is 0 Å². The number of ether oxygens (including phenoxy) is 1. The van der Waals surface area contributed by atoms with Crippen molar-refractivity contribution >= 4 is 23.3 Å². The fraction of sp³-hybridized carbons (Fsp3) is 0.364. The predicted octanol–water partition coefficient (Wildman–Crippen LogP) is 4.33. The maximum atomic E-state index is 12.8. The number of benzene rings is 2. The third-order valence-corrected chi connectivity index (χ3v) is 4.67. The highest BCUT2D eigenvalue weighted by molar-refractivity contribution is 6.10. The lowest BCUT2D eigenvalue weighted by atomic mass is 10.0. The van der Waals surface area contributed by atoms with Crippen molar-refractivity contribution in [1.29, 1.82) is 0 Å². The van der Waals surface area contributed by atoms with Crippen LogP contribution in [0.1, 0.15) is 55.1 Å². The van der Waals surface area contributed by atoms with E-state index in [9.17, 15) is 9.59 Å². The highest BCUT2D eigenvalue weighted by Gasteiger charge is 2.29. The molecule has 5 nitrogen and oxygen atoms in total. The number of nitrogens with zero attached hydrogens (tertiary/aromatic N) is 1. The molecule has 27 heavy (non-hydrogen) atoms. The second-order valence-corrected chi connectivity index (χ2v) is 7.86. The Hall–Kier alpha value is -2.82. The molecule has 2 aromatic rings. The first-order valence-electron chi connectivity index (χ1n) is 9.15. The summed E-state index contributed by atoms with van der Waals surface area (Å²) in [5, 5.41) is 3.06. The average molecular weight is 366 g/mol. The average Bonchev–Trinajstić information content (AvgIpc) is 2.96. The van der Waals surface area contributed by atoms with E-state index in [2.05, 4.69) is 5.32 Å². The second-order valence-electron chi connectivity index (χ2n) is 7.86. The molecule has 0 bridgehead atoms. The van der Waals surface area contributed by atoms with Crippen LogP contribution in [0.3, 0.4) is 0 Å². The third-order valence-electron chi connectivity index (χ3n) is 4.67. The minimum Gasteiger partial charge on any atom is -0.460 e. The summed E-state index contributed by atoms with van der Waals surface area (Å²) in [4.78, 5) is 26.8. The maximum Gasteiger partial charge on any atom is 0.313 e. The molecule has 1 atom stereocenters. The monoisotopic (exact) mass is 366 g/mol. The molecule has 0 spiro atoms. The van der Waals surface area contributed by atoms with Crippen LogP contribution in [0.2, 0.25) is 0 Å². The largest absolute Gasteiger partial charge is 0.460 e. The number of fused-ring (bicyclic) bond motifs is 1. The van der Waals surface area contributed by atoms with Gasteiger partial charge >= 0.3 is 5.97 Å². The topological polar surface area (TPSA) is 58.6 Å². The van der Waals surface area contributed by atoms with Crippen LogP contribution in [-0.2, 0) is 16.1 Å². The highest BCUT2D eigenvalue weighted by atomic mass is 16.6. The van der Waals surface area contributed by atoms with Gasteiger partial charge in [0.15, 0.2) is 0 Å². The van der Waals surface area contributed by atoms with E-state index in [0.717, 1.165) is 28.1 Å². The van der Waals surface area contributed by atoms with Crippen LogP contribution in [0.5, 0.6) is 0 Å². The van der Waals surface area contributed by atoms with Crippen molar-refractivity contribution < 1.29 is 14.3 Å². The number of rotatable bonds is 4. The molecule has 142 valence electrons. The van der Waals surface area contributed by atoms with Gasteiger partial charge in [-0.25, -0.2) is 0 Å². The summed E-state index contributed by atoms with van der Waals surface area (Å²) in [5.74, 6) is -0.613. The molecule has 2 aromatic carbocycles. The summed E-state index contributed by atoms with van der Waals surface area (Å²) in [7, 11) is 1.84. The van der Waals surface area contributed by atoms with Crippen molar-refractivity contribution in [2.75, 3.05) is 17.3 Å². The normalized spacial score (nSPS) is 14.7. The van der Waals surface area contributed by atoms with Crippen LogP contribution >= 0.6 is 0 Å². The van der Waals surface area contributed by atoms with E-state index in [1.165, 1.54) is 0 Å². The fourth-order valence-corrected chi connectivity index (χ4v) is 3.13. The smallest absolute Gasteiger partial charge is 0.313 e. The van der Waals surface area contributed by atoms with Crippen molar-refractivity contribution in [3.8, 4) is 0 Å². The van der Waals surface area contributed by atoms with E-state index in [1.807, 2.05) is 77.2 Å². The van der Waals surface area contributed by atoms with E-state index in [-0.39, 0.29) is 17.8 Å². The predicted molar refractivity (Wildman–Crippen MR) is 107 cm³/mol. The van der Waals surface area contributed by atoms with Gasteiger partial charge in [-0.05, 0) is 63.1 Å². The van der Waals surface area contributed by atoms with Crippen LogP contribution in [-0.4, -0.2) is 24.5 Å². The minimum atomic E-state index is -0.509. The number of hydrogen-bond donors (Lipinski definition) is 1. The van der Waals surface area contributed by atoms with Gasteiger partial charge in [-0.1, -0.05) is 18.2 Å². The van der Waals surface area contributed by atoms with Gasteiger partial charge in [0.2, 0.25) is 0 Å². The lowest BCUT2D eigenvalue weighted by Gasteiger charge is -2.23. The number of anilines is 2. The van der Waals surface area contributed by atoms with Gasteiger partial charge in [0.05, 0.1) is 12.5 Å².